The minimum absolute atomic E-state index is 0.238. The highest BCUT2D eigenvalue weighted by Gasteiger charge is 2.21. The van der Waals surface area contributed by atoms with Gasteiger partial charge in [0.2, 0.25) is 0 Å². The molecule has 0 unspecified atom stereocenters. The first-order valence-corrected chi connectivity index (χ1v) is 5.45. The summed E-state index contributed by atoms with van der Waals surface area (Å²) in [6, 6.07) is 2.40. The van der Waals surface area contributed by atoms with Crippen LogP contribution in [0, 0.1) is 15.2 Å². The predicted molar refractivity (Wildman–Crippen MR) is 61.7 cm³/mol. The second kappa shape index (κ2) is 4.87. The molecule has 15 heavy (non-hydrogen) atoms. The summed E-state index contributed by atoms with van der Waals surface area (Å²) in [5, 5.41) is 0. The summed E-state index contributed by atoms with van der Waals surface area (Å²) < 4.78 is 27.0. The number of nitrogens with zero attached hydrogens (tertiary/aromatic N) is 1. The lowest BCUT2D eigenvalue weighted by atomic mass is 10.1. The second-order valence-corrected chi connectivity index (χ2v) is 4.20. The summed E-state index contributed by atoms with van der Waals surface area (Å²) in [5.41, 5.74) is -0.480. The van der Waals surface area contributed by atoms with E-state index in [1.165, 1.54) is 18.0 Å². The maximum absolute atomic E-state index is 13.5. The van der Waals surface area contributed by atoms with Crippen molar-refractivity contribution in [3.63, 3.8) is 0 Å². The molecule has 0 spiro atoms. The minimum Gasteiger partial charge on any atom is -0.342 e. The number of rotatable bonds is 2. The Balaban J connectivity index is 3.24. The summed E-state index contributed by atoms with van der Waals surface area (Å²) >= 11 is 1.72. The largest absolute Gasteiger partial charge is 0.342 e. The van der Waals surface area contributed by atoms with Gasteiger partial charge in [-0.15, -0.1) is 0 Å². The molecule has 0 aliphatic carbocycles. The van der Waals surface area contributed by atoms with E-state index in [4.69, 9.17) is 0 Å². The predicted octanol–water partition coefficient (Wildman–Crippen LogP) is 2.66. The van der Waals surface area contributed by atoms with Crippen molar-refractivity contribution in [2.24, 2.45) is 0 Å². The first kappa shape index (κ1) is 12.4. The Kier molecular flexibility index (Phi) is 4.01. The molecule has 0 N–H and O–H groups in total. The van der Waals surface area contributed by atoms with Gasteiger partial charge in [-0.1, -0.05) is 0 Å². The zero-order chi connectivity index (χ0) is 11.6. The Hall–Kier alpha value is -0.720. The molecule has 1 rings (SSSR count). The molecule has 0 saturated carbocycles. The van der Waals surface area contributed by atoms with Gasteiger partial charge >= 0.3 is 0 Å². The van der Waals surface area contributed by atoms with Crippen LogP contribution in [0.5, 0.6) is 0 Å². The number of hydrogen-bond acceptors (Lipinski definition) is 1. The number of carbonyl (C=O) groups excluding carboxylic acids is 1. The molecule has 1 aromatic carbocycles. The van der Waals surface area contributed by atoms with Gasteiger partial charge in [0.15, 0.2) is 5.82 Å². The molecule has 0 saturated heterocycles. The molecule has 1 amide bonds. The van der Waals surface area contributed by atoms with Crippen LogP contribution in [0.4, 0.5) is 8.78 Å². The third-order valence-electron chi connectivity index (χ3n) is 2.08. The standard InChI is InChI=1S/C10H10F2INO/c1-3-14(2)10(15)8-6(11)4-5-7(13)9(8)12/h4-5H,3H2,1-2H3. The van der Waals surface area contributed by atoms with Crippen molar-refractivity contribution in [2.75, 3.05) is 13.6 Å². The number of halogens is 3. The molecule has 0 atom stereocenters. The fourth-order valence-corrected chi connectivity index (χ4v) is 1.51. The maximum Gasteiger partial charge on any atom is 0.259 e. The molecular formula is C10H10F2INO. The molecule has 0 radical (unpaired) electrons. The molecule has 1 aromatic rings. The molecule has 2 nitrogen and oxygen atoms in total. The van der Waals surface area contributed by atoms with Crippen LogP contribution in [0.3, 0.4) is 0 Å². The average molecular weight is 325 g/mol. The second-order valence-electron chi connectivity index (χ2n) is 3.04. The van der Waals surface area contributed by atoms with Crippen molar-refractivity contribution in [2.45, 2.75) is 6.92 Å². The molecule has 0 aliphatic heterocycles. The van der Waals surface area contributed by atoms with Crippen LogP contribution in [0.25, 0.3) is 0 Å². The summed E-state index contributed by atoms with van der Waals surface area (Å²) in [6.07, 6.45) is 0. The van der Waals surface area contributed by atoms with Crippen LogP contribution in [-0.4, -0.2) is 24.4 Å². The zero-order valence-corrected chi connectivity index (χ0v) is 10.5. The van der Waals surface area contributed by atoms with E-state index in [2.05, 4.69) is 0 Å². The number of benzene rings is 1. The smallest absolute Gasteiger partial charge is 0.259 e. The highest BCUT2D eigenvalue weighted by molar-refractivity contribution is 14.1. The Morgan fingerprint density at radius 1 is 1.47 bits per heavy atom. The van der Waals surface area contributed by atoms with E-state index in [0.717, 1.165) is 6.07 Å². The summed E-state index contributed by atoms with van der Waals surface area (Å²) in [6.45, 7) is 2.14. The number of hydrogen-bond donors (Lipinski definition) is 0. The van der Waals surface area contributed by atoms with Gasteiger partial charge in [0.1, 0.15) is 11.4 Å². The van der Waals surface area contributed by atoms with E-state index in [-0.39, 0.29) is 3.57 Å². The molecule has 82 valence electrons. The van der Waals surface area contributed by atoms with Gasteiger partial charge in [-0.05, 0) is 41.6 Å². The van der Waals surface area contributed by atoms with Crippen molar-refractivity contribution < 1.29 is 13.6 Å². The van der Waals surface area contributed by atoms with E-state index in [9.17, 15) is 13.6 Å². The fraction of sp³-hybridized carbons (Fsp3) is 0.300. The van der Waals surface area contributed by atoms with Crippen LogP contribution in [0.15, 0.2) is 12.1 Å². The van der Waals surface area contributed by atoms with Crippen molar-refractivity contribution in [1.82, 2.24) is 4.90 Å². The van der Waals surface area contributed by atoms with Crippen molar-refractivity contribution in [3.8, 4) is 0 Å². The van der Waals surface area contributed by atoms with Crippen LogP contribution in [-0.2, 0) is 0 Å². The van der Waals surface area contributed by atoms with Crippen LogP contribution >= 0.6 is 22.6 Å². The molecule has 0 aliphatic rings. The van der Waals surface area contributed by atoms with Crippen molar-refractivity contribution in [3.05, 3.63) is 32.9 Å². The maximum atomic E-state index is 13.5. The number of amides is 1. The Bertz CT molecular complexity index is 395. The monoisotopic (exact) mass is 325 g/mol. The highest BCUT2D eigenvalue weighted by Crippen LogP contribution is 2.19. The van der Waals surface area contributed by atoms with Crippen LogP contribution in [0.1, 0.15) is 17.3 Å². The van der Waals surface area contributed by atoms with Gasteiger partial charge in [-0.3, -0.25) is 4.79 Å². The van der Waals surface area contributed by atoms with Gasteiger partial charge in [0, 0.05) is 17.2 Å². The minimum atomic E-state index is -0.821. The van der Waals surface area contributed by atoms with E-state index in [1.54, 1.807) is 29.5 Å². The lowest BCUT2D eigenvalue weighted by Gasteiger charge is -2.15. The van der Waals surface area contributed by atoms with E-state index in [1.807, 2.05) is 0 Å². The van der Waals surface area contributed by atoms with Gasteiger partial charge in [0.05, 0.1) is 0 Å². The molecule has 0 fully saturated rings. The fourth-order valence-electron chi connectivity index (χ4n) is 1.06. The summed E-state index contributed by atoms with van der Waals surface area (Å²) in [5.74, 6) is -2.25. The lowest BCUT2D eigenvalue weighted by molar-refractivity contribution is 0.0792. The Morgan fingerprint density at radius 3 is 2.60 bits per heavy atom. The first-order chi connectivity index (χ1) is 6.99. The first-order valence-electron chi connectivity index (χ1n) is 4.38. The van der Waals surface area contributed by atoms with Crippen LogP contribution < -0.4 is 0 Å². The van der Waals surface area contributed by atoms with Gasteiger partial charge in [-0.2, -0.15) is 0 Å². The SMILES string of the molecule is CCN(C)C(=O)c1c(F)ccc(I)c1F. The highest BCUT2D eigenvalue weighted by atomic mass is 127. The van der Waals surface area contributed by atoms with Crippen molar-refractivity contribution in [1.29, 1.82) is 0 Å². The average Bonchev–Trinajstić information content (AvgIpc) is 2.22. The molecule has 0 bridgehead atoms. The normalized spacial score (nSPS) is 10.2. The molecular weight excluding hydrogens is 315 g/mol. The summed E-state index contributed by atoms with van der Waals surface area (Å²) in [7, 11) is 1.50. The molecule has 5 heteroatoms. The van der Waals surface area contributed by atoms with E-state index < -0.39 is 23.1 Å². The Labute approximate surface area is 100 Å². The topological polar surface area (TPSA) is 20.3 Å². The number of carbonyl (C=O) groups is 1. The van der Waals surface area contributed by atoms with Gasteiger partial charge in [-0.25, -0.2) is 8.78 Å². The lowest BCUT2D eigenvalue weighted by Crippen LogP contribution is -2.28. The van der Waals surface area contributed by atoms with Crippen LogP contribution in [0.2, 0.25) is 0 Å². The van der Waals surface area contributed by atoms with E-state index >= 15 is 0 Å². The third-order valence-corrected chi connectivity index (χ3v) is 2.91. The quantitative estimate of drug-likeness (QED) is 0.605. The summed E-state index contributed by atoms with van der Waals surface area (Å²) in [4.78, 5) is 12.9. The zero-order valence-electron chi connectivity index (χ0n) is 8.35. The van der Waals surface area contributed by atoms with E-state index in [0.29, 0.717) is 6.54 Å². The van der Waals surface area contributed by atoms with Crippen molar-refractivity contribution >= 4 is 28.5 Å². The molecule has 0 aromatic heterocycles. The molecule has 0 heterocycles. The third kappa shape index (κ3) is 2.45. The Morgan fingerprint density at radius 2 is 2.07 bits per heavy atom. The van der Waals surface area contributed by atoms with Gasteiger partial charge < -0.3 is 4.90 Å². The van der Waals surface area contributed by atoms with Gasteiger partial charge in [0.25, 0.3) is 5.91 Å².